The number of benzene rings is 2. The number of halogens is 1. The molecule has 0 unspecified atom stereocenters. The fraction of sp³-hybridized carbons (Fsp3) is 0.433. The normalized spacial score (nSPS) is 15.8. The molecule has 2 aromatic carbocycles. The van der Waals surface area contributed by atoms with Crippen molar-refractivity contribution in [2.45, 2.75) is 58.3 Å². The van der Waals surface area contributed by atoms with E-state index in [0.29, 0.717) is 16.6 Å². The van der Waals surface area contributed by atoms with E-state index in [1.165, 1.54) is 0 Å². The van der Waals surface area contributed by atoms with E-state index in [2.05, 4.69) is 29.3 Å². The third kappa shape index (κ3) is 6.04. The fourth-order valence-electron chi connectivity index (χ4n) is 5.25. The van der Waals surface area contributed by atoms with Crippen molar-refractivity contribution in [2.24, 2.45) is 0 Å². The molecular formula is C30H35ClN4O3S2. The summed E-state index contributed by atoms with van der Waals surface area (Å²) in [6, 6.07) is 10.1. The highest BCUT2D eigenvalue weighted by atomic mass is 35.5. The lowest BCUT2D eigenvalue weighted by Gasteiger charge is -2.35. The molecule has 40 heavy (non-hydrogen) atoms. The van der Waals surface area contributed by atoms with Gasteiger partial charge in [-0.15, -0.1) is 22.7 Å². The maximum atomic E-state index is 12.6. The molecule has 1 saturated heterocycles. The zero-order valence-corrected chi connectivity index (χ0v) is 26.1. The van der Waals surface area contributed by atoms with E-state index in [9.17, 15) is 9.90 Å². The van der Waals surface area contributed by atoms with Crippen molar-refractivity contribution in [3.63, 3.8) is 0 Å². The minimum absolute atomic E-state index is 0.610. The molecule has 0 bridgehead atoms. The average Bonchev–Trinajstić information content (AvgIpc) is 3.54. The lowest BCUT2D eigenvalue weighted by atomic mass is 9.91. The van der Waals surface area contributed by atoms with Gasteiger partial charge in [-0.2, -0.15) is 0 Å². The van der Waals surface area contributed by atoms with Crippen LogP contribution >= 0.6 is 34.3 Å². The predicted octanol–water partition coefficient (Wildman–Crippen LogP) is 7.52. The Morgan fingerprint density at radius 1 is 1.15 bits per heavy atom. The maximum absolute atomic E-state index is 12.6. The Hall–Kier alpha value is -2.56. The molecule has 1 atom stereocenters. The number of nitrogens with zero attached hydrogens (tertiary/aromatic N) is 4. The van der Waals surface area contributed by atoms with Crippen LogP contribution in [0.5, 0.6) is 0 Å². The number of carboxylic acids is 1. The smallest absolute Gasteiger partial charge is 0.337 e. The number of carbonyl (C=O) groups is 1. The van der Waals surface area contributed by atoms with Gasteiger partial charge in [0.15, 0.2) is 16.1 Å². The van der Waals surface area contributed by atoms with Crippen molar-refractivity contribution in [2.75, 3.05) is 32.1 Å². The summed E-state index contributed by atoms with van der Waals surface area (Å²) in [6.07, 6.45) is 1.10. The monoisotopic (exact) mass is 598 g/mol. The van der Waals surface area contributed by atoms with Crippen LogP contribution in [-0.4, -0.2) is 64.8 Å². The summed E-state index contributed by atoms with van der Waals surface area (Å²) in [5.41, 5.74) is 3.30. The topological polar surface area (TPSA) is 78.8 Å². The van der Waals surface area contributed by atoms with Gasteiger partial charge >= 0.3 is 5.97 Å². The van der Waals surface area contributed by atoms with E-state index in [0.717, 1.165) is 68.7 Å². The number of hydrogen-bond donors (Lipinski definition) is 1. The first-order valence-corrected chi connectivity index (χ1v) is 15.5. The maximum Gasteiger partial charge on any atom is 0.337 e. The average molecular weight is 599 g/mol. The SMILES string of the molecule is Cc1cc2nc(-c3nc(N4CCC(N(C)C)CC4)cs3)sc2c(-c2ccc(Cl)cc2)c1[C@H](OC(C)(C)C)C(=O)O. The van der Waals surface area contributed by atoms with Gasteiger partial charge in [-0.1, -0.05) is 23.7 Å². The van der Waals surface area contributed by atoms with Crippen LogP contribution in [0.1, 0.15) is 50.8 Å². The molecule has 4 aromatic rings. The lowest BCUT2D eigenvalue weighted by Crippen LogP contribution is -2.42. The van der Waals surface area contributed by atoms with Gasteiger partial charge in [-0.05, 0) is 84.0 Å². The molecule has 1 aliphatic heterocycles. The van der Waals surface area contributed by atoms with Crippen molar-refractivity contribution in [3.05, 3.63) is 51.9 Å². The van der Waals surface area contributed by atoms with Crippen LogP contribution in [0.4, 0.5) is 5.82 Å². The first-order chi connectivity index (χ1) is 18.9. The molecule has 0 radical (unpaired) electrons. The summed E-state index contributed by atoms with van der Waals surface area (Å²) in [5.74, 6) is -0.0318. The van der Waals surface area contributed by atoms with E-state index in [1.54, 1.807) is 22.7 Å². The number of aryl methyl sites for hydroxylation is 1. The molecule has 0 spiro atoms. The summed E-state index contributed by atoms with van der Waals surface area (Å²) in [7, 11) is 4.29. The Morgan fingerprint density at radius 2 is 1.82 bits per heavy atom. The standard InChI is InChI=1S/C30H35ClN4O3S2/c1-17-15-21-26(24(18-7-9-19(31)10-8-18)23(17)25(29(36)37)38-30(2,3)4)40-28(32-21)27-33-22(16-39-27)35-13-11-20(12-14-35)34(5)6/h7-10,15-16,20,25H,11-14H2,1-6H3,(H,36,37)/t25-/m0/s1. The minimum Gasteiger partial charge on any atom is -0.479 e. The second-order valence-corrected chi connectivity index (χ2v) is 13.8. The zero-order valence-electron chi connectivity index (χ0n) is 23.7. The van der Waals surface area contributed by atoms with Gasteiger partial charge in [0.2, 0.25) is 0 Å². The Balaban J connectivity index is 1.59. The second kappa shape index (κ2) is 11.4. The first kappa shape index (κ1) is 29.0. The van der Waals surface area contributed by atoms with Crippen molar-refractivity contribution < 1.29 is 14.6 Å². The molecule has 3 heterocycles. The highest BCUT2D eigenvalue weighted by molar-refractivity contribution is 7.25. The van der Waals surface area contributed by atoms with Gasteiger partial charge in [-0.25, -0.2) is 14.8 Å². The molecular weight excluding hydrogens is 564 g/mol. The molecule has 1 fully saturated rings. The van der Waals surface area contributed by atoms with Crippen LogP contribution in [0, 0.1) is 6.92 Å². The van der Waals surface area contributed by atoms with Crippen LogP contribution in [0.2, 0.25) is 5.02 Å². The van der Waals surface area contributed by atoms with Gasteiger partial charge in [0.05, 0.1) is 15.8 Å². The van der Waals surface area contributed by atoms with Crippen molar-refractivity contribution in [3.8, 4) is 21.1 Å². The summed E-state index contributed by atoms with van der Waals surface area (Å²) in [4.78, 5) is 27.2. The molecule has 7 nitrogen and oxygen atoms in total. The summed E-state index contributed by atoms with van der Waals surface area (Å²) in [6.45, 7) is 9.50. The van der Waals surface area contributed by atoms with E-state index < -0.39 is 17.7 Å². The molecule has 212 valence electrons. The number of thiazole rings is 2. The second-order valence-electron chi connectivity index (χ2n) is 11.5. The van der Waals surface area contributed by atoms with Gasteiger partial charge in [0.1, 0.15) is 5.82 Å². The predicted molar refractivity (Wildman–Crippen MR) is 166 cm³/mol. The van der Waals surface area contributed by atoms with Gasteiger partial charge < -0.3 is 19.6 Å². The van der Waals surface area contributed by atoms with E-state index in [4.69, 9.17) is 26.3 Å². The van der Waals surface area contributed by atoms with Crippen LogP contribution < -0.4 is 4.90 Å². The Morgan fingerprint density at radius 3 is 2.42 bits per heavy atom. The number of ether oxygens (including phenoxy) is 1. The molecule has 5 rings (SSSR count). The molecule has 10 heteroatoms. The number of aliphatic carboxylic acids is 1. The van der Waals surface area contributed by atoms with E-state index in [-0.39, 0.29) is 0 Å². The molecule has 1 N–H and O–H groups in total. The number of carboxylic acid groups (broad SMARTS) is 1. The largest absolute Gasteiger partial charge is 0.479 e. The summed E-state index contributed by atoms with van der Waals surface area (Å²) in [5, 5.41) is 14.7. The Bertz CT molecular complexity index is 1520. The van der Waals surface area contributed by atoms with Gasteiger partial charge in [-0.3, -0.25) is 0 Å². The highest BCUT2D eigenvalue weighted by Gasteiger charge is 2.32. The van der Waals surface area contributed by atoms with Gasteiger partial charge in [0, 0.05) is 40.7 Å². The third-order valence-corrected chi connectivity index (χ3v) is 9.53. The number of anilines is 1. The number of fused-ring (bicyclic) bond motifs is 1. The number of rotatable bonds is 7. The van der Waals surface area contributed by atoms with Crippen LogP contribution in [0.25, 0.3) is 31.4 Å². The third-order valence-electron chi connectivity index (χ3n) is 7.21. The van der Waals surface area contributed by atoms with Crippen LogP contribution in [0.15, 0.2) is 35.7 Å². The van der Waals surface area contributed by atoms with Gasteiger partial charge in [0.25, 0.3) is 0 Å². The zero-order chi connectivity index (χ0) is 28.8. The number of hydrogen-bond acceptors (Lipinski definition) is 8. The van der Waals surface area contributed by atoms with Crippen molar-refractivity contribution in [1.29, 1.82) is 0 Å². The van der Waals surface area contributed by atoms with E-state index in [1.807, 2.05) is 58.0 Å². The summed E-state index contributed by atoms with van der Waals surface area (Å²) >= 11 is 9.36. The first-order valence-electron chi connectivity index (χ1n) is 13.4. The quantitative estimate of drug-likeness (QED) is 0.236. The van der Waals surface area contributed by atoms with E-state index >= 15 is 0 Å². The Kier molecular flexibility index (Phi) is 8.23. The highest BCUT2D eigenvalue weighted by Crippen LogP contribution is 2.45. The minimum atomic E-state index is -1.14. The Labute approximate surface area is 248 Å². The molecule has 0 saturated carbocycles. The molecule has 0 amide bonds. The van der Waals surface area contributed by atoms with Crippen LogP contribution in [0.3, 0.4) is 0 Å². The number of piperidine rings is 1. The fourth-order valence-corrected chi connectivity index (χ4v) is 7.37. The lowest BCUT2D eigenvalue weighted by molar-refractivity contribution is -0.160. The van der Waals surface area contributed by atoms with Crippen molar-refractivity contribution >= 4 is 56.3 Å². The van der Waals surface area contributed by atoms with Crippen LogP contribution in [-0.2, 0) is 9.53 Å². The molecule has 0 aliphatic carbocycles. The van der Waals surface area contributed by atoms with Crippen molar-refractivity contribution in [1.82, 2.24) is 14.9 Å². The molecule has 2 aromatic heterocycles. The summed E-state index contributed by atoms with van der Waals surface area (Å²) < 4.78 is 7.03. The molecule has 1 aliphatic rings. The number of aromatic nitrogens is 2.